The number of alkyl halides is 3. The number of hydrogen-bond acceptors (Lipinski definition) is 3. The van der Waals surface area contributed by atoms with Crippen molar-refractivity contribution in [3.05, 3.63) is 0 Å². The Labute approximate surface area is 60.1 Å². The van der Waals surface area contributed by atoms with Crippen LogP contribution in [-0.2, 0) is 14.3 Å². The van der Waals surface area contributed by atoms with Crippen molar-refractivity contribution in [3.63, 3.8) is 0 Å². The predicted octanol–water partition coefficient (Wildman–Crippen LogP) is 0.537. The number of aldehydes is 1. The highest BCUT2D eigenvalue weighted by molar-refractivity contribution is 5.88. The third kappa shape index (κ3) is 2.57. The van der Waals surface area contributed by atoms with Crippen LogP contribution < -0.4 is 0 Å². The van der Waals surface area contributed by atoms with E-state index in [1.165, 1.54) is 0 Å². The first-order valence-corrected chi connectivity index (χ1v) is 2.53. The van der Waals surface area contributed by atoms with E-state index in [9.17, 15) is 22.8 Å². The highest BCUT2D eigenvalue weighted by Crippen LogP contribution is 2.25. The average molecular weight is 170 g/mol. The summed E-state index contributed by atoms with van der Waals surface area (Å²) in [6, 6.07) is 0. The molecule has 0 aliphatic rings. The summed E-state index contributed by atoms with van der Waals surface area (Å²) in [5, 5.41) is 0. The van der Waals surface area contributed by atoms with Crippen LogP contribution in [0, 0.1) is 5.92 Å². The van der Waals surface area contributed by atoms with Crippen molar-refractivity contribution in [1.82, 2.24) is 0 Å². The van der Waals surface area contributed by atoms with Crippen molar-refractivity contribution >= 4 is 12.3 Å². The molecular formula is C5H5F3O3. The van der Waals surface area contributed by atoms with Gasteiger partial charge in [0.1, 0.15) is 6.29 Å². The van der Waals surface area contributed by atoms with Gasteiger partial charge in [-0.3, -0.25) is 4.79 Å². The summed E-state index contributed by atoms with van der Waals surface area (Å²) in [6.07, 6.45) is -5.35. The first kappa shape index (κ1) is 9.93. The Morgan fingerprint density at radius 3 is 2.09 bits per heavy atom. The van der Waals surface area contributed by atoms with Gasteiger partial charge in [0.2, 0.25) is 5.92 Å². The number of halogens is 3. The van der Waals surface area contributed by atoms with Crippen molar-refractivity contribution in [2.24, 2.45) is 5.92 Å². The zero-order valence-electron chi connectivity index (χ0n) is 5.51. The first-order valence-electron chi connectivity index (χ1n) is 2.53. The van der Waals surface area contributed by atoms with Crippen LogP contribution in [0.1, 0.15) is 0 Å². The zero-order chi connectivity index (χ0) is 9.07. The van der Waals surface area contributed by atoms with Crippen LogP contribution in [0.25, 0.3) is 0 Å². The molecule has 0 saturated carbocycles. The van der Waals surface area contributed by atoms with Gasteiger partial charge in [-0.2, -0.15) is 13.2 Å². The molecule has 0 amide bonds. The van der Waals surface area contributed by atoms with Gasteiger partial charge in [-0.05, 0) is 0 Å². The van der Waals surface area contributed by atoms with Gasteiger partial charge in [0.15, 0.2) is 0 Å². The predicted molar refractivity (Wildman–Crippen MR) is 27.6 cm³/mol. The van der Waals surface area contributed by atoms with Crippen LogP contribution in [0.15, 0.2) is 0 Å². The molecule has 0 aliphatic heterocycles. The third-order valence-corrected chi connectivity index (χ3v) is 0.944. The molecule has 0 rings (SSSR count). The summed E-state index contributed by atoms with van der Waals surface area (Å²) in [6.45, 7) is 0. The lowest BCUT2D eigenvalue weighted by atomic mass is 10.2. The quantitative estimate of drug-likeness (QED) is 0.345. The summed E-state index contributed by atoms with van der Waals surface area (Å²) in [5.74, 6) is -4.25. The molecule has 3 nitrogen and oxygen atoms in total. The SMILES string of the molecule is COC(=O)C(C=O)C(F)(F)F. The molecule has 0 spiro atoms. The lowest BCUT2D eigenvalue weighted by Gasteiger charge is -2.10. The van der Waals surface area contributed by atoms with Crippen LogP contribution in [0.5, 0.6) is 0 Å². The topological polar surface area (TPSA) is 43.4 Å². The van der Waals surface area contributed by atoms with E-state index in [1.54, 1.807) is 0 Å². The van der Waals surface area contributed by atoms with Crippen LogP contribution in [-0.4, -0.2) is 25.5 Å². The third-order valence-electron chi connectivity index (χ3n) is 0.944. The fraction of sp³-hybridized carbons (Fsp3) is 0.600. The highest BCUT2D eigenvalue weighted by Gasteiger charge is 2.45. The molecule has 11 heavy (non-hydrogen) atoms. The maximum atomic E-state index is 11.6. The van der Waals surface area contributed by atoms with Crippen molar-refractivity contribution in [1.29, 1.82) is 0 Å². The molecule has 64 valence electrons. The van der Waals surface area contributed by atoms with E-state index < -0.39 is 24.3 Å². The maximum absolute atomic E-state index is 11.6. The standard InChI is InChI=1S/C5H5F3O3/c1-11-4(10)3(2-9)5(6,7)8/h2-3H,1H3. The molecule has 0 radical (unpaired) electrons. The molecule has 0 fully saturated rings. The number of methoxy groups -OCH3 is 1. The number of carbonyl (C=O) groups is 2. The minimum atomic E-state index is -4.85. The second kappa shape index (κ2) is 3.36. The van der Waals surface area contributed by atoms with Crippen LogP contribution >= 0.6 is 0 Å². The van der Waals surface area contributed by atoms with Crippen molar-refractivity contribution in [2.75, 3.05) is 7.11 Å². The summed E-state index contributed by atoms with van der Waals surface area (Å²) < 4.78 is 38.6. The second-order valence-corrected chi connectivity index (χ2v) is 1.68. The molecule has 0 bridgehead atoms. The Balaban J connectivity index is 4.41. The Bertz CT molecular complexity index is 163. The maximum Gasteiger partial charge on any atom is 0.408 e. The average Bonchev–Trinajstić information content (AvgIpc) is 1.86. The van der Waals surface area contributed by atoms with Gasteiger partial charge < -0.3 is 9.53 Å². The van der Waals surface area contributed by atoms with E-state index >= 15 is 0 Å². The molecule has 1 unspecified atom stereocenters. The Morgan fingerprint density at radius 2 is 2.00 bits per heavy atom. The van der Waals surface area contributed by atoms with Gasteiger partial charge in [-0.25, -0.2) is 0 Å². The van der Waals surface area contributed by atoms with E-state index in [0.717, 1.165) is 7.11 Å². The second-order valence-electron chi connectivity index (χ2n) is 1.68. The largest absolute Gasteiger partial charge is 0.468 e. The number of rotatable bonds is 2. The molecule has 0 N–H and O–H groups in total. The van der Waals surface area contributed by atoms with E-state index in [4.69, 9.17) is 0 Å². The normalized spacial score (nSPS) is 13.8. The monoisotopic (exact) mass is 170 g/mol. The Kier molecular flexibility index (Phi) is 3.03. The number of hydrogen-bond donors (Lipinski definition) is 0. The molecule has 0 aliphatic carbocycles. The molecule has 1 atom stereocenters. The Morgan fingerprint density at radius 1 is 1.55 bits per heavy atom. The Hall–Kier alpha value is -1.07. The molecular weight excluding hydrogens is 165 g/mol. The summed E-state index contributed by atoms with van der Waals surface area (Å²) in [4.78, 5) is 19.9. The highest BCUT2D eigenvalue weighted by atomic mass is 19.4. The number of esters is 1. The minimum absolute atomic E-state index is 0.494. The van der Waals surface area contributed by atoms with E-state index in [1.807, 2.05) is 0 Å². The zero-order valence-corrected chi connectivity index (χ0v) is 5.51. The van der Waals surface area contributed by atoms with Crippen molar-refractivity contribution in [3.8, 4) is 0 Å². The molecule has 0 saturated heterocycles. The number of carbonyl (C=O) groups excluding carboxylic acids is 2. The van der Waals surface area contributed by atoms with E-state index in [0.29, 0.717) is 0 Å². The van der Waals surface area contributed by atoms with Gasteiger partial charge in [0.25, 0.3) is 0 Å². The summed E-state index contributed by atoms with van der Waals surface area (Å²) in [7, 11) is 0.782. The van der Waals surface area contributed by atoms with Gasteiger partial charge in [-0.15, -0.1) is 0 Å². The molecule has 0 aromatic carbocycles. The van der Waals surface area contributed by atoms with Crippen LogP contribution in [0.2, 0.25) is 0 Å². The van der Waals surface area contributed by atoms with E-state index in [2.05, 4.69) is 4.74 Å². The van der Waals surface area contributed by atoms with Gasteiger partial charge in [0, 0.05) is 0 Å². The summed E-state index contributed by atoms with van der Waals surface area (Å²) in [5.41, 5.74) is 0. The smallest absolute Gasteiger partial charge is 0.408 e. The van der Waals surface area contributed by atoms with E-state index in [-0.39, 0.29) is 0 Å². The lowest BCUT2D eigenvalue weighted by molar-refractivity contribution is -0.192. The number of ether oxygens (including phenoxy) is 1. The van der Waals surface area contributed by atoms with Gasteiger partial charge >= 0.3 is 12.1 Å². The lowest BCUT2D eigenvalue weighted by Crippen LogP contribution is -2.32. The van der Waals surface area contributed by atoms with Crippen molar-refractivity contribution < 1.29 is 27.5 Å². The van der Waals surface area contributed by atoms with Gasteiger partial charge in [0.05, 0.1) is 7.11 Å². The molecule has 0 heterocycles. The minimum Gasteiger partial charge on any atom is -0.468 e. The fourth-order valence-corrected chi connectivity index (χ4v) is 0.393. The molecule has 6 heteroatoms. The molecule has 0 aromatic rings. The van der Waals surface area contributed by atoms with Crippen molar-refractivity contribution in [2.45, 2.75) is 6.18 Å². The molecule has 0 aromatic heterocycles. The van der Waals surface area contributed by atoms with Crippen LogP contribution in [0.4, 0.5) is 13.2 Å². The first-order chi connectivity index (χ1) is 4.93. The van der Waals surface area contributed by atoms with Crippen LogP contribution in [0.3, 0.4) is 0 Å². The summed E-state index contributed by atoms with van der Waals surface area (Å²) >= 11 is 0. The fourth-order valence-electron chi connectivity index (χ4n) is 0.393. The van der Waals surface area contributed by atoms with Gasteiger partial charge in [-0.1, -0.05) is 0 Å².